The lowest BCUT2D eigenvalue weighted by Gasteiger charge is -2.22. The van der Waals surface area contributed by atoms with Gasteiger partial charge in [-0.3, -0.25) is 0 Å². The first-order chi connectivity index (χ1) is 8.47. The van der Waals surface area contributed by atoms with E-state index in [0.717, 1.165) is 0 Å². The van der Waals surface area contributed by atoms with Crippen LogP contribution in [0, 0.1) is 0 Å². The van der Waals surface area contributed by atoms with Crippen LogP contribution in [-0.2, 0) is 14.3 Å². The third-order valence-corrected chi connectivity index (χ3v) is 2.18. The number of esters is 2. The summed E-state index contributed by atoms with van der Waals surface area (Å²) in [6, 6.07) is 8.47. The smallest absolute Gasteiger partial charge is 0.350 e. The third kappa shape index (κ3) is 3.73. The van der Waals surface area contributed by atoms with Gasteiger partial charge in [-0.05, 0) is 26.0 Å². The highest BCUT2D eigenvalue weighted by Gasteiger charge is 2.33. The summed E-state index contributed by atoms with van der Waals surface area (Å²) in [5.74, 6) is -1.16. The Hall–Kier alpha value is -2.10. The monoisotopic (exact) mass is 248 g/mol. The summed E-state index contributed by atoms with van der Waals surface area (Å²) >= 11 is 0. The number of hydrogen-bond donors (Lipinski definition) is 0. The Bertz CT molecular complexity index is 434. The van der Waals surface area contributed by atoms with Gasteiger partial charge >= 0.3 is 11.9 Å². The molecular weight excluding hydrogens is 232 g/mol. The van der Waals surface area contributed by atoms with E-state index in [1.807, 2.05) is 0 Å². The van der Waals surface area contributed by atoms with Crippen LogP contribution in [0.1, 0.15) is 24.2 Å². The quantitative estimate of drug-likeness (QED) is 0.593. The van der Waals surface area contributed by atoms with Gasteiger partial charge in [0.05, 0.1) is 5.56 Å². The molecule has 1 aromatic rings. The van der Waals surface area contributed by atoms with Gasteiger partial charge in [0.1, 0.15) is 6.61 Å². The minimum atomic E-state index is -1.32. The molecule has 1 aromatic carbocycles. The fourth-order valence-corrected chi connectivity index (χ4v) is 1.21. The van der Waals surface area contributed by atoms with Crippen molar-refractivity contribution in [3.63, 3.8) is 0 Å². The van der Waals surface area contributed by atoms with Gasteiger partial charge in [-0.25, -0.2) is 9.59 Å². The summed E-state index contributed by atoms with van der Waals surface area (Å²) < 4.78 is 9.99. The third-order valence-electron chi connectivity index (χ3n) is 2.18. The van der Waals surface area contributed by atoms with Crippen molar-refractivity contribution in [3.05, 3.63) is 48.6 Å². The average Bonchev–Trinajstić information content (AvgIpc) is 2.36. The van der Waals surface area contributed by atoms with Crippen LogP contribution in [0.5, 0.6) is 0 Å². The van der Waals surface area contributed by atoms with Crippen molar-refractivity contribution >= 4 is 11.9 Å². The second-order valence-corrected chi connectivity index (χ2v) is 4.15. The van der Waals surface area contributed by atoms with Crippen molar-refractivity contribution in [2.75, 3.05) is 6.61 Å². The number of rotatable bonds is 5. The minimum absolute atomic E-state index is 0.0884. The lowest BCUT2D eigenvalue weighted by Crippen LogP contribution is -2.38. The molecular formula is C14H16O4. The van der Waals surface area contributed by atoms with Gasteiger partial charge in [0.2, 0.25) is 5.60 Å². The number of ether oxygens (including phenoxy) is 2. The first kappa shape index (κ1) is 14.0. The molecule has 0 aliphatic carbocycles. The summed E-state index contributed by atoms with van der Waals surface area (Å²) in [5.41, 5.74) is -0.933. The molecule has 0 unspecified atom stereocenters. The average molecular weight is 248 g/mol. The van der Waals surface area contributed by atoms with Gasteiger partial charge in [-0.15, -0.1) is 0 Å². The van der Waals surface area contributed by atoms with Crippen molar-refractivity contribution in [1.29, 1.82) is 0 Å². The second kappa shape index (κ2) is 6.00. The zero-order chi connectivity index (χ0) is 13.6. The molecule has 0 fully saturated rings. The molecule has 0 aromatic heterocycles. The van der Waals surface area contributed by atoms with E-state index in [1.54, 1.807) is 30.3 Å². The highest BCUT2D eigenvalue weighted by molar-refractivity contribution is 5.92. The van der Waals surface area contributed by atoms with Crippen molar-refractivity contribution in [1.82, 2.24) is 0 Å². The lowest BCUT2D eigenvalue weighted by molar-refractivity contribution is -0.161. The van der Waals surface area contributed by atoms with Gasteiger partial charge in [0.15, 0.2) is 0 Å². The molecule has 0 aliphatic rings. The summed E-state index contributed by atoms with van der Waals surface area (Å²) in [7, 11) is 0. The van der Waals surface area contributed by atoms with Crippen molar-refractivity contribution in [2.45, 2.75) is 19.4 Å². The maximum Gasteiger partial charge on any atom is 0.350 e. The summed E-state index contributed by atoms with van der Waals surface area (Å²) in [5, 5.41) is 0. The van der Waals surface area contributed by atoms with E-state index in [-0.39, 0.29) is 6.61 Å². The van der Waals surface area contributed by atoms with Crippen LogP contribution in [0.3, 0.4) is 0 Å². The molecule has 0 heterocycles. The van der Waals surface area contributed by atoms with Crippen molar-refractivity contribution in [2.24, 2.45) is 0 Å². The highest BCUT2D eigenvalue weighted by atomic mass is 16.6. The Morgan fingerprint density at radius 3 is 2.44 bits per heavy atom. The molecule has 0 atom stereocenters. The van der Waals surface area contributed by atoms with Gasteiger partial charge in [-0.2, -0.15) is 0 Å². The van der Waals surface area contributed by atoms with E-state index in [2.05, 4.69) is 6.58 Å². The molecule has 0 radical (unpaired) electrons. The molecule has 18 heavy (non-hydrogen) atoms. The van der Waals surface area contributed by atoms with Crippen LogP contribution < -0.4 is 0 Å². The van der Waals surface area contributed by atoms with Crippen LogP contribution in [0.4, 0.5) is 0 Å². The van der Waals surface area contributed by atoms with E-state index in [4.69, 9.17) is 9.47 Å². The number of carbonyl (C=O) groups is 2. The summed E-state index contributed by atoms with van der Waals surface area (Å²) in [6.07, 6.45) is 1.45. The minimum Gasteiger partial charge on any atom is -0.459 e. The molecule has 0 saturated heterocycles. The predicted octanol–water partition coefficient (Wildman–Crippen LogP) is 2.35. The topological polar surface area (TPSA) is 52.6 Å². The maximum atomic E-state index is 11.8. The van der Waals surface area contributed by atoms with Gasteiger partial charge in [-0.1, -0.05) is 30.9 Å². The normalized spacial score (nSPS) is 10.6. The molecule has 4 heteroatoms. The van der Waals surface area contributed by atoms with Crippen LogP contribution in [0.15, 0.2) is 43.0 Å². The second-order valence-electron chi connectivity index (χ2n) is 4.15. The van der Waals surface area contributed by atoms with Crippen molar-refractivity contribution in [3.8, 4) is 0 Å². The maximum absolute atomic E-state index is 11.8. The molecule has 0 aliphatic heterocycles. The van der Waals surface area contributed by atoms with E-state index < -0.39 is 17.5 Å². The fourth-order valence-electron chi connectivity index (χ4n) is 1.21. The molecule has 0 spiro atoms. The number of hydrogen-bond acceptors (Lipinski definition) is 4. The number of benzene rings is 1. The SMILES string of the molecule is C=CCOC(=O)C(C)(C)OC(=O)c1ccccc1. The van der Waals surface area contributed by atoms with Crippen LogP contribution in [0.25, 0.3) is 0 Å². The Balaban J connectivity index is 2.68. The van der Waals surface area contributed by atoms with Crippen LogP contribution in [0.2, 0.25) is 0 Å². The fraction of sp³-hybridized carbons (Fsp3) is 0.286. The first-order valence-corrected chi connectivity index (χ1v) is 5.54. The highest BCUT2D eigenvalue weighted by Crippen LogP contribution is 2.15. The summed E-state index contributed by atoms with van der Waals surface area (Å²) in [4.78, 5) is 23.4. The molecule has 0 saturated carbocycles. The van der Waals surface area contributed by atoms with Gasteiger partial charge < -0.3 is 9.47 Å². The van der Waals surface area contributed by atoms with Crippen LogP contribution in [-0.4, -0.2) is 24.1 Å². The molecule has 4 nitrogen and oxygen atoms in total. The molecule has 96 valence electrons. The van der Waals surface area contributed by atoms with Crippen molar-refractivity contribution < 1.29 is 19.1 Å². The van der Waals surface area contributed by atoms with E-state index in [1.165, 1.54) is 19.9 Å². The van der Waals surface area contributed by atoms with Crippen LogP contribution >= 0.6 is 0 Å². The zero-order valence-electron chi connectivity index (χ0n) is 10.5. The largest absolute Gasteiger partial charge is 0.459 e. The lowest BCUT2D eigenvalue weighted by atomic mass is 10.1. The predicted molar refractivity (Wildman–Crippen MR) is 67.1 cm³/mol. The van der Waals surface area contributed by atoms with Gasteiger partial charge in [0.25, 0.3) is 0 Å². The van der Waals surface area contributed by atoms with E-state index in [0.29, 0.717) is 5.56 Å². The number of carbonyl (C=O) groups excluding carboxylic acids is 2. The Morgan fingerprint density at radius 2 is 1.89 bits per heavy atom. The Kier molecular flexibility index (Phi) is 4.66. The van der Waals surface area contributed by atoms with E-state index >= 15 is 0 Å². The van der Waals surface area contributed by atoms with E-state index in [9.17, 15) is 9.59 Å². The Labute approximate surface area is 106 Å². The molecule has 0 bridgehead atoms. The van der Waals surface area contributed by atoms with Gasteiger partial charge in [0, 0.05) is 0 Å². The zero-order valence-corrected chi connectivity index (χ0v) is 10.5. The Morgan fingerprint density at radius 1 is 1.28 bits per heavy atom. The molecule has 1 rings (SSSR count). The summed E-state index contributed by atoms with van der Waals surface area (Å²) in [6.45, 7) is 6.50. The standard InChI is InChI=1S/C14H16O4/c1-4-10-17-13(16)14(2,3)18-12(15)11-8-6-5-7-9-11/h4-9H,1,10H2,2-3H3. The molecule has 0 amide bonds. The molecule has 0 N–H and O–H groups in total. The first-order valence-electron chi connectivity index (χ1n) is 5.54.